The van der Waals surface area contributed by atoms with Gasteiger partial charge in [0.05, 0.1) is 0 Å². The number of piperidine rings is 1. The Morgan fingerprint density at radius 2 is 2.00 bits per heavy atom. The number of hydrogen-bond acceptors (Lipinski definition) is 2. The molecule has 0 saturated carbocycles. The standard InChI is InChI=1S/C17H28N2/c1-4-7-16-8-5-6-13-19(16)17-11-9-15(10-12-17)14(2)18-3/h9-12,14,16,18H,4-8,13H2,1-3H3. The molecule has 1 aromatic carbocycles. The molecule has 0 amide bonds. The third kappa shape index (κ3) is 3.50. The van der Waals surface area contributed by atoms with Crippen LogP contribution in [0.25, 0.3) is 0 Å². The van der Waals surface area contributed by atoms with Crippen molar-refractivity contribution in [1.82, 2.24) is 5.32 Å². The molecular weight excluding hydrogens is 232 g/mol. The van der Waals surface area contributed by atoms with Gasteiger partial charge < -0.3 is 10.2 Å². The molecule has 2 rings (SSSR count). The van der Waals surface area contributed by atoms with Crippen LogP contribution in [0, 0.1) is 0 Å². The molecule has 1 aromatic rings. The van der Waals surface area contributed by atoms with E-state index in [1.165, 1.54) is 49.9 Å². The van der Waals surface area contributed by atoms with Crippen LogP contribution < -0.4 is 10.2 Å². The fourth-order valence-electron chi connectivity index (χ4n) is 3.09. The van der Waals surface area contributed by atoms with Gasteiger partial charge in [-0.3, -0.25) is 0 Å². The fourth-order valence-corrected chi connectivity index (χ4v) is 3.09. The first-order valence-corrected chi connectivity index (χ1v) is 7.80. The highest BCUT2D eigenvalue weighted by molar-refractivity contribution is 5.49. The summed E-state index contributed by atoms with van der Waals surface area (Å²) in [6.07, 6.45) is 6.72. The van der Waals surface area contributed by atoms with Gasteiger partial charge in [-0.25, -0.2) is 0 Å². The van der Waals surface area contributed by atoms with Crippen molar-refractivity contribution in [2.75, 3.05) is 18.5 Å². The Hall–Kier alpha value is -1.02. The van der Waals surface area contributed by atoms with Crippen LogP contribution in [0.2, 0.25) is 0 Å². The number of hydrogen-bond donors (Lipinski definition) is 1. The Morgan fingerprint density at radius 1 is 1.26 bits per heavy atom. The maximum atomic E-state index is 3.30. The molecule has 0 aromatic heterocycles. The van der Waals surface area contributed by atoms with Gasteiger partial charge in [-0.15, -0.1) is 0 Å². The van der Waals surface area contributed by atoms with E-state index in [0.717, 1.165) is 6.04 Å². The van der Waals surface area contributed by atoms with Crippen molar-refractivity contribution in [2.45, 2.75) is 58.0 Å². The lowest BCUT2D eigenvalue weighted by molar-refractivity contribution is 0.435. The molecule has 2 heteroatoms. The summed E-state index contributed by atoms with van der Waals surface area (Å²) >= 11 is 0. The summed E-state index contributed by atoms with van der Waals surface area (Å²) in [5.41, 5.74) is 2.78. The Labute approximate surface area is 118 Å². The molecular formula is C17H28N2. The zero-order valence-corrected chi connectivity index (χ0v) is 12.7. The topological polar surface area (TPSA) is 15.3 Å². The largest absolute Gasteiger partial charge is 0.369 e. The molecule has 106 valence electrons. The van der Waals surface area contributed by atoms with Crippen molar-refractivity contribution in [3.05, 3.63) is 29.8 Å². The first-order valence-electron chi connectivity index (χ1n) is 7.80. The van der Waals surface area contributed by atoms with Crippen LogP contribution in [0.3, 0.4) is 0 Å². The van der Waals surface area contributed by atoms with Gasteiger partial charge in [0.15, 0.2) is 0 Å². The number of rotatable bonds is 5. The minimum absolute atomic E-state index is 0.432. The van der Waals surface area contributed by atoms with Gasteiger partial charge >= 0.3 is 0 Å². The van der Waals surface area contributed by atoms with Crippen LogP contribution in [-0.4, -0.2) is 19.6 Å². The summed E-state index contributed by atoms with van der Waals surface area (Å²) < 4.78 is 0. The van der Waals surface area contributed by atoms with E-state index in [1.807, 2.05) is 7.05 Å². The van der Waals surface area contributed by atoms with E-state index in [4.69, 9.17) is 0 Å². The second kappa shape index (κ2) is 6.95. The van der Waals surface area contributed by atoms with E-state index in [9.17, 15) is 0 Å². The monoisotopic (exact) mass is 260 g/mol. The summed E-state index contributed by atoms with van der Waals surface area (Å²) in [5, 5.41) is 3.30. The van der Waals surface area contributed by atoms with Crippen molar-refractivity contribution >= 4 is 5.69 Å². The zero-order valence-electron chi connectivity index (χ0n) is 12.7. The van der Waals surface area contributed by atoms with Gasteiger partial charge in [0, 0.05) is 24.3 Å². The highest BCUT2D eigenvalue weighted by Gasteiger charge is 2.21. The smallest absolute Gasteiger partial charge is 0.0368 e. The number of nitrogens with zero attached hydrogens (tertiary/aromatic N) is 1. The van der Waals surface area contributed by atoms with Crippen LogP contribution in [-0.2, 0) is 0 Å². The molecule has 1 aliphatic rings. The van der Waals surface area contributed by atoms with Crippen molar-refractivity contribution < 1.29 is 0 Å². The average molecular weight is 260 g/mol. The highest BCUT2D eigenvalue weighted by atomic mass is 15.2. The number of anilines is 1. The fraction of sp³-hybridized carbons (Fsp3) is 0.647. The summed E-state index contributed by atoms with van der Waals surface area (Å²) in [6.45, 7) is 5.73. The Kier molecular flexibility index (Phi) is 5.26. The minimum Gasteiger partial charge on any atom is -0.369 e. The Balaban J connectivity index is 2.11. The van der Waals surface area contributed by atoms with E-state index in [2.05, 4.69) is 48.3 Å². The SMILES string of the molecule is CCCC1CCCCN1c1ccc(C(C)NC)cc1. The minimum atomic E-state index is 0.432. The zero-order chi connectivity index (χ0) is 13.7. The first kappa shape index (κ1) is 14.4. The van der Waals surface area contributed by atoms with Crippen molar-refractivity contribution in [3.63, 3.8) is 0 Å². The normalized spacial score (nSPS) is 21.4. The molecule has 0 bridgehead atoms. The third-order valence-electron chi connectivity index (χ3n) is 4.41. The summed E-state index contributed by atoms with van der Waals surface area (Å²) in [5.74, 6) is 0. The molecule has 2 atom stereocenters. The van der Waals surface area contributed by atoms with E-state index < -0.39 is 0 Å². The van der Waals surface area contributed by atoms with Gasteiger partial charge in [-0.05, 0) is 57.4 Å². The maximum Gasteiger partial charge on any atom is 0.0368 e. The molecule has 1 N–H and O–H groups in total. The molecule has 2 unspecified atom stereocenters. The van der Waals surface area contributed by atoms with Crippen LogP contribution in [0.5, 0.6) is 0 Å². The van der Waals surface area contributed by atoms with Crippen LogP contribution in [0.1, 0.15) is 57.6 Å². The predicted molar refractivity (Wildman–Crippen MR) is 83.8 cm³/mol. The van der Waals surface area contributed by atoms with E-state index >= 15 is 0 Å². The first-order chi connectivity index (χ1) is 9.26. The van der Waals surface area contributed by atoms with E-state index in [0.29, 0.717) is 6.04 Å². The van der Waals surface area contributed by atoms with Crippen molar-refractivity contribution in [3.8, 4) is 0 Å². The van der Waals surface area contributed by atoms with Gasteiger partial charge in [-0.1, -0.05) is 25.5 Å². The number of nitrogens with one attached hydrogen (secondary N) is 1. The molecule has 0 aliphatic carbocycles. The van der Waals surface area contributed by atoms with E-state index in [1.54, 1.807) is 0 Å². The number of benzene rings is 1. The second-order valence-corrected chi connectivity index (χ2v) is 5.73. The van der Waals surface area contributed by atoms with Gasteiger partial charge in [0.1, 0.15) is 0 Å². The molecule has 1 fully saturated rings. The molecule has 1 saturated heterocycles. The van der Waals surface area contributed by atoms with Crippen LogP contribution >= 0.6 is 0 Å². The highest BCUT2D eigenvalue weighted by Crippen LogP contribution is 2.28. The predicted octanol–water partition coefficient (Wildman–Crippen LogP) is 4.13. The maximum absolute atomic E-state index is 3.30. The lowest BCUT2D eigenvalue weighted by atomic mass is 9.97. The molecule has 0 spiro atoms. The lowest BCUT2D eigenvalue weighted by Crippen LogP contribution is -2.39. The third-order valence-corrected chi connectivity index (χ3v) is 4.41. The summed E-state index contributed by atoms with van der Waals surface area (Å²) in [4.78, 5) is 2.63. The summed E-state index contributed by atoms with van der Waals surface area (Å²) in [7, 11) is 2.01. The van der Waals surface area contributed by atoms with Gasteiger partial charge in [0.2, 0.25) is 0 Å². The van der Waals surface area contributed by atoms with Crippen molar-refractivity contribution in [1.29, 1.82) is 0 Å². The van der Waals surface area contributed by atoms with Crippen LogP contribution in [0.4, 0.5) is 5.69 Å². The quantitative estimate of drug-likeness (QED) is 0.856. The Bertz CT molecular complexity index is 369. The van der Waals surface area contributed by atoms with Gasteiger partial charge in [0.25, 0.3) is 0 Å². The van der Waals surface area contributed by atoms with E-state index in [-0.39, 0.29) is 0 Å². The molecule has 19 heavy (non-hydrogen) atoms. The molecule has 1 aliphatic heterocycles. The Morgan fingerprint density at radius 3 is 2.63 bits per heavy atom. The van der Waals surface area contributed by atoms with Crippen LogP contribution in [0.15, 0.2) is 24.3 Å². The second-order valence-electron chi connectivity index (χ2n) is 5.73. The molecule has 1 heterocycles. The summed E-state index contributed by atoms with van der Waals surface area (Å²) in [6, 6.07) is 10.3. The molecule has 2 nitrogen and oxygen atoms in total. The lowest BCUT2D eigenvalue weighted by Gasteiger charge is -2.37. The average Bonchev–Trinajstić information content (AvgIpc) is 2.47. The molecule has 0 radical (unpaired) electrons. The van der Waals surface area contributed by atoms with Crippen molar-refractivity contribution in [2.24, 2.45) is 0 Å². The van der Waals surface area contributed by atoms with Gasteiger partial charge in [-0.2, -0.15) is 0 Å².